The number of hydrogen-bond acceptors (Lipinski definition) is 5. The first-order chi connectivity index (χ1) is 13.5. The van der Waals surface area contributed by atoms with E-state index in [-0.39, 0.29) is 23.7 Å². The van der Waals surface area contributed by atoms with Gasteiger partial charge in [-0.1, -0.05) is 32.0 Å². The van der Waals surface area contributed by atoms with E-state index in [4.69, 9.17) is 4.98 Å². The van der Waals surface area contributed by atoms with Crippen LogP contribution in [-0.2, 0) is 4.79 Å². The standard InChI is InChI=1S/C21H22N4O2S/c1-13(2)20(27)25-9-7-14(12-25)18-11-16(15-5-3-4-6-17(15)23-18)19(26)24-21-22-8-10-28-21/h3-6,8,10-11,13-14H,7,9,12H2,1-2H3,(H,22,24,26). The van der Waals surface area contributed by atoms with Crippen molar-refractivity contribution in [2.75, 3.05) is 18.4 Å². The number of para-hydroxylation sites is 1. The Morgan fingerprint density at radius 3 is 2.86 bits per heavy atom. The molecule has 1 N–H and O–H groups in total. The highest BCUT2D eigenvalue weighted by atomic mass is 32.1. The minimum atomic E-state index is -0.192. The second-order valence-corrected chi connectivity index (χ2v) is 8.22. The number of thiazole rings is 1. The Morgan fingerprint density at radius 2 is 2.11 bits per heavy atom. The van der Waals surface area contributed by atoms with Crippen molar-refractivity contribution in [3.8, 4) is 0 Å². The van der Waals surface area contributed by atoms with Gasteiger partial charge in [0, 0.05) is 47.6 Å². The molecule has 4 rings (SSSR count). The second-order valence-electron chi connectivity index (χ2n) is 7.33. The third kappa shape index (κ3) is 3.62. The number of nitrogens with one attached hydrogen (secondary N) is 1. The highest BCUT2D eigenvalue weighted by molar-refractivity contribution is 7.13. The number of amides is 2. The maximum atomic E-state index is 12.9. The zero-order valence-corrected chi connectivity index (χ0v) is 16.7. The van der Waals surface area contributed by atoms with Crippen molar-refractivity contribution in [2.24, 2.45) is 5.92 Å². The van der Waals surface area contributed by atoms with E-state index < -0.39 is 0 Å². The number of nitrogens with zero attached hydrogens (tertiary/aromatic N) is 3. The molecule has 1 aliphatic rings. The number of benzene rings is 1. The zero-order valence-electron chi connectivity index (χ0n) is 15.9. The van der Waals surface area contributed by atoms with Gasteiger partial charge in [-0.15, -0.1) is 11.3 Å². The van der Waals surface area contributed by atoms with Gasteiger partial charge in [0.15, 0.2) is 5.13 Å². The Balaban J connectivity index is 1.67. The Hall–Kier alpha value is -2.80. The number of rotatable bonds is 4. The minimum absolute atomic E-state index is 0.0112. The fourth-order valence-electron chi connectivity index (χ4n) is 3.61. The van der Waals surface area contributed by atoms with E-state index in [1.54, 1.807) is 6.20 Å². The van der Waals surface area contributed by atoms with E-state index in [9.17, 15) is 9.59 Å². The van der Waals surface area contributed by atoms with Crippen molar-refractivity contribution in [1.82, 2.24) is 14.9 Å². The number of likely N-dealkylation sites (tertiary alicyclic amines) is 1. The summed E-state index contributed by atoms with van der Waals surface area (Å²) >= 11 is 1.38. The lowest BCUT2D eigenvalue weighted by molar-refractivity contribution is -0.133. The third-order valence-electron chi connectivity index (χ3n) is 5.05. The number of hydrogen-bond donors (Lipinski definition) is 1. The summed E-state index contributed by atoms with van der Waals surface area (Å²) in [4.78, 5) is 36.1. The van der Waals surface area contributed by atoms with Crippen LogP contribution in [-0.4, -0.2) is 39.8 Å². The number of fused-ring (bicyclic) bond motifs is 1. The molecule has 28 heavy (non-hydrogen) atoms. The van der Waals surface area contributed by atoms with Gasteiger partial charge >= 0.3 is 0 Å². The number of anilines is 1. The van der Waals surface area contributed by atoms with Crippen LogP contribution in [0.1, 0.15) is 42.2 Å². The maximum Gasteiger partial charge on any atom is 0.258 e. The van der Waals surface area contributed by atoms with Gasteiger partial charge in [0.25, 0.3) is 5.91 Å². The van der Waals surface area contributed by atoms with Crippen LogP contribution in [0.25, 0.3) is 10.9 Å². The van der Waals surface area contributed by atoms with Crippen LogP contribution in [0.2, 0.25) is 0 Å². The molecule has 1 fully saturated rings. The molecule has 7 heteroatoms. The summed E-state index contributed by atoms with van der Waals surface area (Å²) in [6, 6.07) is 9.53. The van der Waals surface area contributed by atoms with E-state index in [0.29, 0.717) is 17.2 Å². The lowest BCUT2D eigenvalue weighted by Crippen LogP contribution is -2.32. The van der Waals surface area contributed by atoms with Gasteiger partial charge in [-0.2, -0.15) is 0 Å². The normalized spacial score (nSPS) is 16.7. The highest BCUT2D eigenvalue weighted by Crippen LogP contribution is 2.30. The Labute approximate surface area is 167 Å². The van der Waals surface area contributed by atoms with E-state index >= 15 is 0 Å². The van der Waals surface area contributed by atoms with Crippen molar-refractivity contribution >= 4 is 39.2 Å². The molecule has 144 valence electrons. The largest absolute Gasteiger partial charge is 0.342 e. The van der Waals surface area contributed by atoms with Gasteiger partial charge in [0.2, 0.25) is 5.91 Å². The lowest BCUT2D eigenvalue weighted by atomic mass is 9.99. The fraction of sp³-hybridized carbons (Fsp3) is 0.333. The van der Waals surface area contributed by atoms with Crippen molar-refractivity contribution in [3.63, 3.8) is 0 Å². The van der Waals surface area contributed by atoms with Gasteiger partial charge in [0.05, 0.1) is 11.1 Å². The quantitative estimate of drug-likeness (QED) is 0.728. The maximum absolute atomic E-state index is 12.9. The first kappa shape index (κ1) is 18.6. The molecule has 1 atom stereocenters. The molecule has 2 amide bonds. The van der Waals surface area contributed by atoms with Crippen LogP contribution in [0.5, 0.6) is 0 Å². The van der Waals surface area contributed by atoms with Gasteiger partial charge in [0.1, 0.15) is 0 Å². The third-order valence-corrected chi connectivity index (χ3v) is 5.73. The molecule has 6 nitrogen and oxygen atoms in total. The van der Waals surface area contributed by atoms with Crippen LogP contribution in [0.3, 0.4) is 0 Å². The molecule has 1 saturated heterocycles. The van der Waals surface area contributed by atoms with Gasteiger partial charge in [-0.25, -0.2) is 4.98 Å². The molecular weight excluding hydrogens is 372 g/mol. The molecule has 0 spiro atoms. The summed E-state index contributed by atoms with van der Waals surface area (Å²) in [5.74, 6) is 0.106. The smallest absolute Gasteiger partial charge is 0.258 e. The number of pyridine rings is 1. The molecule has 0 saturated carbocycles. The van der Waals surface area contributed by atoms with Gasteiger partial charge in [-0.05, 0) is 18.6 Å². The summed E-state index contributed by atoms with van der Waals surface area (Å²) in [5, 5.41) is 6.07. The monoisotopic (exact) mass is 394 g/mol. The van der Waals surface area contributed by atoms with Crippen LogP contribution in [0.4, 0.5) is 5.13 Å². The number of aromatic nitrogens is 2. The minimum Gasteiger partial charge on any atom is -0.342 e. The molecule has 1 unspecified atom stereocenters. The Kier molecular flexibility index (Phi) is 5.09. The summed E-state index contributed by atoms with van der Waals surface area (Å²) in [6.07, 6.45) is 2.52. The molecular formula is C21H22N4O2S. The average Bonchev–Trinajstić information content (AvgIpc) is 3.38. The van der Waals surface area contributed by atoms with E-state index in [1.807, 2.05) is 54.5 Å². The predicted octanol–water partition coefficient (Wildman–Crippen LogP) is 3.92. The molecule has 0 bridgehead atoms. The van der Waals surface area contributed by atoms with Gasteiger partial charge in [-0.3, -0.25) is 19.9 Å². The summed E-state index contributed by atoms with van der Waals surface area (Å²) < 4.78 is 0. The van der Waals surface area contributed by atoms with Crippen LogP contribution < -0.4 is 5.32 Å². The summed E-state index contributed by atoms with van der Waals surface area (Å²) in [7, 11) is 0. The van der Waals surface area contributed by atoms with Crippen molar-refractivity contribution in [3.05, 3.63) is 53.2 Å². The average molecular weight is 395 g/mol. The molecule has 3 aromatic rings. The van der Waals surface area contributed by atoms with E-state index in [1.165, 1.54) is 11.3 Å². The lowest BCUT2D eigenvalue weighted by Gasteiger charge is -2.19. The molecule has 2 aromatic heterocycles. The van der Waals surface area contributed by atoms with Gasteiger partial charge < -0.3 is 4.90 Å². The van der Waals surface area contributed by atoms with E-state index in [0.717, 1.165) is 29.6 Å². The van der Waals surface area contributed by atoms with Crippen LogP contribution in [0, 0.1) is 5.92 Å². The fourth-order valence-corrected chi connectivity index (χ4v) is 4.13. The zero-order chi connectivity index (χ0) is 19.7. The first-order valence-electron chi connectivity index (χ1n) is 9.42. The molecule has 1 aromatic carbocycles. The second kappa shape index (κ2) is 7.67. The topological polar surface area (TPSA) is 75.2 Å². The molecule has 0 aliphatic carbocycles. The predicted molar refractivity (Wildman–Crippen MR) is 111 cm³/mol. The number of carbonyl (C=O) groups excluding carboxylic acids is 2. The van der Waals surface area contributed by atoms with Crippen LogP contribution in [0.15, 0.2) is 41.9 Å². The SMILES string of the molecule is CC(C)C(=O)N1CCC(c2cc(C(=O)Nc3nccs3)c3ccccc3n2)C1. The van der Waals surface area contributed by atoms with Crippen LogP contribution >= 0.6 is 11.3 Å². The Morgan fingerprint density at radius 1 is 1.29 bits per heavy atom. The molecule has 0 radical (unpaired) electrons. The van der Waals surface area contributed by atoms with Crippen molar-refractivity contribution < 1.29 is 9.59 Å². The summed E-state index contributed by atoms with van der Waals surface area (Å²) in [6.45, 7) is 5.22. The summed E-state index contributed by atoms with van der Waals surface area (Å²) in [5.41, 5.74) is 2.24. The van der Waals surface area contributed by atoms with Crippen molar-refractivity contribution in [1.29, 1.82) is 0 Å². The number of carbonyl (C=O) groups is 2. The first-order valence-corrected chi connectivity index (χ1v) is 10.3. The van der Waals surface area contributed by atoms with E-state index in [2.05, 4.69) is 10.3 Å². The highest BCUT2D eigenvalue weighted by Gasteiger charge is 2.30. The molecule has 3 heterocycles. The molecule has 1 aliphatic heterocycles. The Bertz CT molecular complexity index is 1020. The van der Waals surface area contributed by atoms with Crippen molar-refractivity contribution in [2.45, 2.75) is 26.2 Å².